The van der Waals surface area contributed by atoms with Gasteiger partial charge in [0, 0.05) is 12.8 Å². The zero-order chi connectivity index (χ0) is 36.0. The van der Waals surface area contributed by atoms with Gasteiger partial charge in [-0.25, -0.2) is 0 Å². The van der Waals surface area contributed by atoms with E-state index in [0.717, 1.165) is 51.6 Å². The number of hydrogen-bond acceptors (Lipinski definition) is 5. The highest BCUT2D eigenvalue weighted by atomic mass is 16.5. The quantitative estimate of drug-likeness (QED) is 0.0474. The van der Waals surface area contributed by atoms with E-state index in [2.05, 4.69) is 39.6 Å². The molecule has 0 radical (unpaired) electrons. The molecule has 1 atom stereocenters. The number of rotatable bonds is 39. The van der Waals surface area contributed by atoms with Gasteiger partial charge in [0.2, 0.25) is 0 Å². The molecule has 0 bridgehead atoms. The number of carbonyl (C=O) groups is 2. The third-order valence-electron chi connectivity index (χ3n) is 10.2. The molecule has 0 saturated carbocycles. The first kappa shape index (κ1) is 47.9. The lowest BCUT2D eigenvalue weighted by molar-refractivity contribution is -0.150. The maximum atomic E-state index is 12.6. The minimum absolute atomic E-state index is 0.0104. The molecule has 0 aliphatic carbocycles. The third-order valence-corrected chi connectivity index (χ3v) is 10.2. The van der Waals surface area contributed by atoms with Crippen LogP contribution in [0.4, 0.5) is 0 Å². The largest absolute Gasteiger partial charge is 0.465 e. The molecule has 5 nitrogen and oxygen atoms in total. The van der Waals surface area contributed by atoms with Gasteiger partial charge in [0.25, 0.3) is 0 Å². The number of ether oxygens (including phenoxy) is 2. The van der Waals surface area contributed by atoms with Gasteiger partial charge in [0.05, 0.1) is 6.61 Å². The van der Waals surface area contributed by atoms with Crippen LogP contribution in [0.15, 0.2) is 0 Å². The van der Waals surface area contributed by atoms with Crippen molar-refractivity contribution in [1.29, 1.82) is 0 Å². The molecule has 49 heavy (non-hydrogen) atoms. The van der Waals surface area contributed by atoms with E-state index < -0.39 is 0 Å². The fourth-order valence-electron chi connectivity index (χ4n) is 6.77. The summed E-state index contributed by atoms with van der Waals surface area (Å²) in [5.74, 6) is 0.508. The number of hydrogen-bond donors (Lipinski definition) is 0. The number of unbranched alkanes of at least 4 members (excludes halogenated alkanes) is 22. The Morgan fingerprint density at radius 1 is 0.469 bits per heavy atom. The molecule has 0 saturated heterocycles. The Hall–Kier alpha value is -1.10. The first-order chi connectivity index (χ1) is 23.9. The summed E-state index contributed by atoms with van der Waals surface area (Å²) in [4.78, 5) is 27.2. The highest BCUT2D eigenvalue weighted by Crippen LogP contribution is 2.19. The summed E-state index contributed by atoms with van der Waals surface area (Å²) in [6, 6.07) is 0. The Labute approximate surface area is 307 Å². The van der Waals surface area contributed by atoms with E-state index in [1.165, 1.54) is 154 Å². The second kappa shape index (κ2) is 38.1. The zero-order valence-electron chi connectivity index (χ0n) is 34.0. The number of esters is 2. The molecule has 0 rings (SSSR count). The summed E-state index contributed by atoms with van der Waals surface area (Å²) < 4.78 is 11.5. The standard InChI is InChI=1S/C44H87NO4/c1-6-9-12-15-20-27-34-42(35-28-21-16-13-10-7-2)49-44(47)37-30-23-18-25-32-39-45(5)38-31-24-17-22-29-36-43(46)48-40-41(4)33-26-19-14-11-8-3/h41-42H,6-40H2,1-5H3. The second-order valence-corrected chi connectivity index (χ2v) is 15.6. The van der Waals surface area contributed by atoms with Crippen LogP contribution in [-0.4, -0.2) is 49.7 Å². The highest BCUT2D eigenvalue weighted by Gasteiger charge is 2.14. The van der Waals surface area contributed by atoms with Crippen LogP contribution in [0.5, 0.6) is 0 Å². The van der Waals surface area contributed by atoms with Crippen molar-refractivity contribution in [3.8, 4) is 0 Å². The second-order valence-electron chi connectivity index (χ2n) is 15.6. The molecule has 1 unspecified atom stereocenters. The molecule has 0 spiro atoms. The Morgan fingerprint density at radius 3 is 1.31 bits per heavy atom. The van der Waals surface area contributed by atoms with Gasteiger partial charge < -0.3 is 14.4 Å². The predicted molar refractivity (Wildman–Crippen MR) is 212 cm³/mol. The van der Waals surface area contributed by atoms with Crippen molar-refractivity contribution in [1.82, 2.24) is 4.90 Å². The zero-order valence-corrected chi connectivity index (χ0v) is 34.0. The lowest BCUT2D eigenvalue weighted by Crippen LogP contribution is -2.20. The maximum absolute atomic E-state index is 12.6. The van der Waals surface area contributed by atoms with Gasteiger partial charge in [0.1, 0.15) is 6.10 Å². The van der Waals surface area contributed by atoms with Crippen LogP contribution in [0.1, 0.15) is 233 Å². The maximum Gasteiger partial charge on any atom is 0.306 e. The summed E-state index contributed by atoms with van der Waals surface area (Å²) in [6.45, 7) is 11.9. The Morgan fingerprint density at radius 2 is 0.837 bits per heavy atom. The average molecular weight is 694 g/mol. The van der Waals surface area contributed by atoms with E-state index in [-0.39, 0.29) is 18.0 Å². The topological polar surface area (TPSA) is 55.8 Å². The molecule has 0 amide bonds. The molecule has 0 fully saturated rings. The fourth-order valence-corrected chi connectivity index (χ4v) is 6.77. The van der Waals surface area contributed by atoms with E-state index in [4.69, 9.17) is 9.47 Å². The summed E-state index contributed by atoms with van der Waals surface area (Å²) >= 11 is 0. The van der Waals surface area contributed by atoms with E-state index >= 15 is 0 Å². The molecule has 5 heteroatoms. The third kappa shape index (κ3) is 36.5. The van der Waals surface area contributed by atoms with Crippen LogP contribution in [0.25, 0.3) is 0 Å². The van der Waals surface area contributed by atoms with E-state index in [1.807, 2.05) is 0 Å². The molecular formula is C44H87NO4. The smallest absolute Gasteiger partial charge is 0.306 e. The summed E-state index contributed by atoms with van der Waals surface area (Å²) in [7, 11) is 2.24. The van der Waals surface area contributed by atoms with Crippen molar-refractivity contribution in [2.45, 2.75) is 239 Å². The average Bonchev–Trinajstić information content (AvgIpc) is 3.09. The summed E-state index contributed by atoms with van der Waals surface area (Å²) in [5, 5.41) is 0. The van der Waals surface area contributed by atoms with Crippen LogP contribution < -0.4 is 0 Å². The van der Waals surface area contributed by atoms with Gasteiger partial charge >= 0.3 is 11.9 Å². The van der Waals surface area contributed by atoms with E-state index in [1.54, 1.807) is 0 Å². The highest BCUT2D eigenvalue weighted by molar-refractivity contribution is 5.69. The van der Waals surface area contributed by atoms with Gasteiger partial charge in [-0.1, -0.05) is 163 Å². The molecule has 292 valence electrons. The molecule has 0 aromatic rings. The van der Waals surface area contributed by atoms with E-state index in [0.29, 0.717) is 25.4 Å². The summed E-state index contributed by atoms with van der Waals surface area (Å²) in [5.41, 5.74) is 0. The number of carbonyl (C=O) groups excluding carboxylic acids is 2. The van der Waals surface area contributed by atoms with E-state index in [9.17, 15) is 9.59 Å². The van der Waals surface area contributed by atoms with Crippen LogP contribution >= 0.6 is 0 Å². The fraction of sp³-hybridized carbons (Fsp3) is 0.955. The Bertz CT molecular complexity index is 682. The lowest BCUT2D eigenvalue weighted by atomic mass is 10.0. The van der Waals surface area contributed by atoms with Gasteiger partial charge in [-0.3, -0.25) is 9.59 Å². The minimum Gasteiger partial charge on any atom is -0.465 e. The first-order valence-electron chi connectivity index (χ1n) is 22.0. The van der Waals surface area contributed by atoms with Gasteiger partial charge in [-0.2, -0.15) is 0 Å². The van der Waals surface area contributed by atoms with Crippen molar-refractivity contribution in [3.05, 3.63) is 0 Å². The summed E-state index contributed by atoms with van der Waals surface area (Å²) in [6.07, 6.45) is 38.2. The predicted octanol–water partition coefficient (Wildman–Crippen LogP) is 13.6. The van der Waals surface area contributed by atoms with Gasteiger partial charge in [-0.15, -0.1) is 0 Å². The SMILES string of the molecule is CCCCCCCCC(CCCCCCCC)OC(=O)CCCCCCCN(C)CCCCCCCC(=O)OCC(C)CCCCCCC. The van der Waals surface area contributed by atoms with Crippen molar-refractivity contribution >= 4 is 11.9 Å². The van der Waals surface area contributed by atoms with Crippen molar-refractivity contribution in [3.63, 3.8) is 0 Å². The molecule has 0 aromatic carbocycles. The molecule has 0 N–H and O–H groups in total. The lowest BCUT2D eigenvalue weighted by Gasteiger charge is -2.18. The number of nitrogens with zero attached hydrogens (tertiary/aromatic N) is 1. The van der Waals surface area contributed by atoms with Gasteiger partial charge in [-0.05, 0) is 83.8 Å². The monoisotopic (exact) mass is 694 g/mol. The van der Waals surface area contributed by atoms with Crippen molar-refractivity contribution in [2.24, 2.45) is 5.92 Å². The van der Waals surface area contributed by atoms with Crippen LogP contribution in [-0.2, 0) is 19.1 Å². The first-order valence-corrected chi connectivity index (χ1v) is 22.0. The Balaban J connectivity index is 3.79. The van der Waals surface area contributed by atoms with Crippen molar-refractivity contribution < 1.29 is 19.1 Å². The van der Waals surface area contributed by atoms with Gasteiger partial charge in [0.15, 0.2) is 0 Å². The molecule has 0 aliphatic rings. The Kier molecular flexibility index (Phi) is 37.3. The van der Waals surface area contributed by atoms with Crippen molar-refractivity contribution in [2.75, 3.05) is 26.7 Å². The van der Waals surface area contributed by atoms with Crippen LogP contribution in [0.3, 0.4) is 0 Å². The normalized spacial score (nSPS) is 12.2. The molecular weight excluding hydrogens is 606 g/mol. The van der Waals surface area contributed by atoms with Crippen LogP contribution in [0.2, 0.25) is 0 Å². The minimum atomic E-state index is -0.0104. The van der Waals surface area contributed by atoms with Crippen LogP contribution in [0, 0.1) is 5.92 Å². The molecule has 0 aromatic heterocycles. The molecule has 0 aliphatic heterocycles. The molecule has 0 heterocycles.